The molecular formula is C41H43ClN2O11S. The van der Waals surface area contributed by atoms with E-state index in [1.807, 2.05) is 19.9 Å². The molecule has 0 radical (unpaired) electrons. The average molecular weight is 807 g/mol. The van der Waals surface area contributed by atoms with Crippen molar-refractivity contribution in [1.29, 1.82) is 0 Å². The van der Waals surface area contributed by atoms with Crippen LogP contribution < -0.4 is 0 Å². The van der Waals surface area contributed by atoms with Crippen LogP contribution in [0.5, 0.6) is 0 Å². The zero-order valence-corrected chi connectivity index (χ0v) is 31.8. The minimum atomic E-state index is -3.55. The molecule has 7 rings (SSSR count). The Morgan fingerprint density at radius 3 is 1.43 bits per heavy atom. The molecule has 3 aromatic carbocycles. The first-order valence-electron chi connectivity index (χ1n) is 17.8. The maximum atomic E-state index is 12.6. The fraction of sp³-hybridized carbons (Fsp3) is 0.366. The molecule has 2 heterocycles. The first-order chi connectivity index (χ1) is 26.0. The summed E-state index contributed by atoms with van der Waals surface area (Å²) in [5.41, 5.74) is 4.05. The van der Waals surface area contributed by atoms with Gasteiger partial charge in [-0.3, -0.25) is 48.2 Å². The van der Waals surface area contributed by atoms with Gasteiger partial charge in [-0.2, -0.15) is 0 Å². The number of aryl methyl sites for hydroxylation is 2. The van der Waals surface area contributed by atoms with Gasteiger partial charge < -0.3 is 5.11 Å². The summed E-state index contributed by atoms with van der Waals surface area (Å²) in [6.45, 7) is 3.88. The van der Waals surface area contributed by atoms with E-state index >= 15 is 0 Å². The van der Waals surface area contributed by atoms with Gasteiger partial charge in [0.2, 0.25) is 0 Å². The lowest BCUT2D eigenvalue weighted by Crippen LogP contribution is -2.47. The van der Waals surface area contributed by atoms with Crippen LogP contribution in [0.1, 0.15) is 117 Å². The second-order valence-corrected chi connectivity index (χ2v) is 16.2. The van der Waals surface area contributed by atoms with Crippen LogP contribution >= 0.6 is 10.7 Å². The SMILES string of the molecule is C.CCCc1ccc2c(c1)C(=O)N(C1CCC(=O)CC1=O)C2=O.Cc1ccc(S(=O)(=O)Cl)cc1.O=C1CCC(N2C(=O)c3ccc(CCO)cc3C2=O)C(=O)C1. The van der Waals surface area contributed by atoms with E-state index in [1.165, 1.54) is 12.1 Å². The van der Waals surface area contributed by atoms with Crippen LogP contribution in [-0.4, -0.2) is 88.8 Å². The van der Waals surface area contributed by atoms with Crippen molar-refractivity contribution in [2.75, 3.05) is 6.61 Å². The minimum absolute atomic E-state index is 0. The third-order valence-electron chi connectivity index (χ3n) is 9.71. The molecule has 13 nitrogen and oxygen atoms in total. The average Bonchev–Trinajstić information content (AvgIpc) is 3.52. The van der Waals surface area contributed by atoms with Gasteiger partial charge in [-0.1, -0.05) is 50.6 Å². The topological polar surface area (TPSA) is 197 Å². The Morgan fingerprint density at radius 1 is 0.643 bits per heavy atom. The van der Waals surface area contributed by atoms with Gasteiger partial charge in [0.05, 0.1) is 52.1 Å². The highest BCUT2D eigenvalue weighted by atomic mass is 35.7. The van der Waals surface area contributed by atoms with Crippen LogP contribution in [0.25, 0.3) is 0 Å². The van der Waals surface area contributed by atoms with Crippen molar-refractivity contribution >= 4 is 66.5 Å². The molecule has 0 saturated heterocycles. The van der Waals surface area contributed by atoms with Gasteiger partial charge in [0.25, 0.3) is 32.7 Å². The Bertz CT molecular complexity index is 2100. The Balaban J connectivity index is 0.000000195. The molecule has 2 aliphatic heterocycles. The predicted octanol–water partition coefficient (Wildman–Crippen LogP) is 4.99. The van der Waals surface area contributed by atoms with Gasteiger partial charge in [-0.15, -0.1) is 0 Å². The van der Waals surface area contributed by atoms with E-state index in [2.05, 4.69) is 0 Å². The molecule has 56 heavy (non-hydrogen) atoms. The normalized spacial score (nSPS) is 19.1. The predicted molar refractivity (Wildman–Crippen MR) is 205 cm³/mol. The third kappa shape index (κ3) is 9.43. The lowest BCUT2D eigenvalue weighted by molar-refractivity contribution is -0.134. The molecule has 2 aliphatic carbocycles. The molecule has 296 valence electrons. The monoisotopic (exact) mass is 806 g/mol. The Hall–Kier alpha value is -5.18. The quantitative estimate of drug-likeness (QED) is 0.192. The highest BCUT2D eigenvalue weighted by molar-refractivity contribution is 8.13. The van der Waals surface area contributed by atoms with Gasteiger partial charge in [-0.25, -0.2) is 8.42 Å². The van der Waals surface area contributed by atoms with E-state index in [1.54, 1.807) is 42.5 Å². The molecule has 2 fully saturated rings. The number of carbonyl (C=O) groups excluding carboxylic acids is 8. The number of amides is 4. The van der Waals surface area contributed by atoms with E-state index in [9.17, 15) is 46.8 Å². The number of fused-ring (bicyclic) bond motifs is 2. The third-order valence-corrected chi connectivity index (χ3v) is 11.1. The molecule has 15 heteroatoms. The number of Topliss-reactive ketones (excluding diaryl/α,β-unsaturated/α-hetero) is 4. The standard InChI is InChI=1S/C17H17NO4.C16H15NO5.C7H7ClO2S.CH4/c1-2-3-10-4-6-12-13(8-10)17(22)18(16(12)21)14-7-5-11(19)9-15(14)20;18-6-5-9-1-3-11-12(7-9)16(22)17(15(11)21)13-4-2-10(19)8-14(13)20;1-6-2-4-7(5-3-6)11(8,9)10;/h4,6,8,14H,2-3,5,7,9H2,1H3;1,3,7,13,18H,2,4-6,8H2;2-5H,1H3;1H4. The highest BCUT2D eigenvalue weighted by Crippen LogP contribution is 2.31. The van der Waals surface area contributed by atoms with Crippen molar-refractivity contribution in [3.63, 3.8) is 0 Å². The molecule has 3 aromatic rings. The number of rotatable bonds is 7. The maximum absolute atomic E-state index is 12.6. The zero-order valence-electron chi connectivity index (χ0n) is 30.2. The first-order valence-corrected chi connectivity index (χ1v) is 20.1. The summed E-state index contributed by atoms with van der Waals surface area (Å²) in [5.74, 6) is -2.79. The van der Waals surface area contributed by atoms with Crippen molar-refractivity contribution in [2.24, 2.45) is 0 Å². The minimum Gasteiger partial charge on any atom is -0.396 e. The number of aliphatic hydroxyl groups is 1. The molecule has 0 bridgehead atoms. The van der Waals surface area contributed by atoms with E-state index < -0.39 is 44.8 Å². The number of carbonyl (C=O) groups is 8. The molecule has 2 saturated carbocycles. The largest absolute Gasteiger partial charge is 0.396 e. The zero-order chi connectivity index (χ0) is 40.2. The number of imide groups is 2. The van der Waals surface area contributed by atoms with Crippen LogP contribution in [-0.2, 0) is 41.1 Å². The van der Waals surface area contributed by atoms with Crippen LogP contribution in [0.15, 0.2) is 65.6 Å². The van der Waals surface area contributed by atoms with Crippen LogP contribution in [0, 0.1) is 6.92 Å². The second-order valence-electron chi connectivity index (χ2n) is 13.7. The highest BCUT2D eigenvalue weighted by Gasteiger charge is 2.45. The lowest BCUT2D eigenvalue weighted by atomic mass is 9.92. The maximum Gasteiger partial charge on any atom is 0.262 e. The number of nitrogens with zero attached hydrogens (tertiary/aromatic N) is 2. The van der Waals surface area contributed by atoms with Crippen LogP contribution in [0.4, 0.5) is 0 Å². The molecule has 0 aromatic heterocycles. The summed E-state index contributed by atoms with van der Waals surface area (Å²) >= 11 is 0. The van der Waals surface area contributed by atoms with E-state index in [-0.39, 0.29) is 91.7 Å². The number of benzene rings is 3. The van der Waals surface area contributed by atoms with Gasteiger partial charge in [0.1, 0.15) is 11.6 Å². The van der Waals surface area contributed by atoms with Crippen molar-refractivity contribution in [1.82, 2.24) is 9.80 Å². The fourth-order valence-electron chi connectivity index (χ4n) is 6.87. The molecule has 4 amide bonds. The van der Waals surface area contributed by atoms with Gasteiger partial charge in [-0.05, 0) is 80.1 Å². The number of hydrogen-bond donors (Lipinski definition) is 1. The molecule has 4 aliphatic rings. The van der Waals surface area contributed by atoms with Crippen molar-refractivity contribution < 1.29 is 51.9 Å². The van der Waals surface area contributed by atoms with E-state index in [0.29, 0.717) is 17.5 Å². The van der Waals surface area contributed by atoms with Crippen LogP contribution in [0.2, 0.25) is 0 Å². The molecular weight excluding hydrogens is 764 g/mol. The Kier molecular flexibility index (Phi) is 14.1. The van der Waals surface area contributed by atoms with Gasteiger partial charge >= 0.3 is 0 Å². The Labute approximate surface area is 329 Å². The smallest absolute Gasteiger partial charge is 0.262 e. The van der Waals surface area contributed by atoms with E-state index in [4.69, 9.17) is 15.8 Å². The Morgan fingerprint density at radius 2 is 1.05 bits per heavy atom. The van der Waals surface area contributed by atoms with Crippen molar-refractivity contribution in [2.45, 2.75) is 96.0 Å². The van der Waals surface area contributed by atoms with Crippen molar-refractivity contribution in [3.8, 4) is 0 Å². The first kappa shape index (κ1) is 43.5. The summed E-state index contributed by atoms with van der Waals surface area (Å²) in [6, 6.07) is 14.8. The van der Waals surface area contributed by atoms with Crippen molar-refractivity contribution in [3.05, 3.63) is 99.6 Å². The number of halogens is 1. The summed E-state index contributed by atoms with van der Waals surface area (Å²) in [4.78, 5) is 98.8. The summed E-state index contributed by atoms with van der Waals surface area (Å²) < 4.78 is 21.4. The summed E-state index contributed by atoms with van der Waals surface area (Å²) in [7, 11) is 1.54. The molecule has 0 spiro atoms. The molecule has 1 N–H and O–H groups in total. The summed E-state index contributed by atoms with van der Waals surface area (Å²) in [5, 5.41) is 8.96. The summed E-state index contributed by atoms with van der Waals surface area (Å²) in [6.07, 6.45) is 2.68. The van der Waals surface area contributed by atoms with Gasteiger partial charge in [0, 0.05) is 30.1 Å². The van der Waals surface area contributed by atoms with E-state index in [0.717, 1.165) is 39.3 Å². The number of aliphatic hydroxyl groups excluding tert-OH is 1. The number of ketones is 4. The number of hydrogen-bond acceptors (Lipinski definition) is 11. The van der Waals surface area contributed by atoms with Crippen LogP contribution in [0.3, 0.4) is 0 Å². The lowest BCUT2D eigenvalue weighted by Gasteiger charge is -2.27. The molecule has 2 unspecified atom stereocenters. The molecule has 2 atom stereocenters. The second kappa shape index (κ2) is 18.2. The van der Waals surface area contributed by atoms with Gasteiger partial charge in [0.15, 0.2) is 11.6 Å². The fourth-order valence-corrected chi connectivity index (χ4v) is 7.64.